The Labute approximate surface area is 172 Å². The Kier molecular flexibility index (Phi) is 5.14. The molecule has 3 aromatic rings. The van der Waals surface area contributed by atoms with Gasteiger partial charge >= 0.3 is 6.09 Å². The summed E-state index contributed by atoms with van der Waals surface area (Å²) in [5, 5.41) is 16.1. The first-order chi connectivity index (χ1) is 13.9. The number of hydrogen-bond donors (Lipinski definition) is 3. The Bertz CT molecular complexity index is 1060. The van der Waals surface area contributed by atoms with E-state index >= 15 is 0 Å². The van der Waals surface area contributed by atoms with Crippen molar-refractivity contribution in [2.45, 2.75) is 32.7 Å². The number of carboxylic acid groups (broad SMARTS) is 1. The molecule has 0 bridgehead atoms. The first-order valence-corrected chi connectivity index (χ1v) is 9.77. The van der Waals surface area contributed by atoms with Gasteiger partial charge in [0.1, 0.15) is 10.7 Å². The van der Waals surface area contributed by atoms with Crippen molar-refractivity contribution < 1.29 is 9.90 Å². The number of carbonyl (C=O) groups is 1. The van der Waals surface area contributed by atoms with Gasteiger partial charge in [-0.2, -0.15) is 4.98 Å². The van der Waals surface area contributed by atoms with Gasteiger partial charge in [-0.3, -0.25) is 0 Å². The zero-order chi connectivity index (χ0) is 20.5. The van der Waals surface area contributed by atoms with E-state index in [1.165, 1.54) is 4.90 Å². The van der Waals surface area contributed by atoms with Crippen molar-refractivity contribution in [1.82, 2.24) is 24.3 Å². The Morgan fingerprint density at radius 2 is 2.00 bits per heavy atom. The molecule has 152 valence electrons. The molecule has 0 radical (unpaired) electrons. The number of aromatic nitrogens is 4. The molecule has 3 aromatic heterocycles. The van der Waals surface area contributed by atoms with Crippen LogP contribution in [0, 0.1) is 13.8 Å². The van der Waals surface area contributed by atoms with Crippen LogP contribution in [0.3, 0.4) is 0 Å². The fraction of sp³-hybridized carbons (Fsp3) is 0.368. The number of likely N-dealkylation sites (tertiary alicyclic amines) is 1. The second-order valence-electron chi connectivity index (χ2n) is 7.15. The molecular formula is C19H22ClN7O2. The van der Waals surface area contributed by atoms with Gasteiger partial charge in [-0.25, -0.2) is 14.8 Å². The van der Waals surface area contributed by atoms with E-state index in [1.807, 2.05) is 36.7 Å². The molecule has 4 heterocycles. The molecule has 0 aliphatic carbocycles. The first-order valence-electron chi connectivity index (χ1n) is 9.39. The quantitative estimate of drug-likeness (QED) is 0.596. The maximum atomic E-state index is 11.1. The molecule has 0 spiro atoms. The van der Waals surface area contributed by atoms with Crippen LogP contribution in [0.1, 0.15) is 24.1 Å². The van der Waals surface area contributed by atoms with Crippen molar-refractivity contribution in [2.75, 3.05) is 23.7 Å². The van der Waals surface area contributed by atoms with E-state index in [0.717, 1.165) is 22.6 Å². The summed E-state index contributed by atoms with van der Waals surface area (Å²) in [5.41, 5.74) is 3.81. The van der Waals surface area contributed by atoms with E-state index in [-0.39, 0.29) is 6.04 Å². The van der Waals surface area contributed by atoms with Crippen molar-refractivity contribution in [2.24, 2.45) is 0 Å². The van der Waals surface area contributed by atoms with Crippen LogP contribution in [-0.2, 0) is 0 Å². The summed E-state index contributed by atoms with van der Waals surface area (Å²) in [5.74, 6) is 0.962. The number of aryl methyl sites for hydroxylation is 2. The Balaban J connectivity index is 1.50. The third kappa shape index (κ3) is 3.91. The van der Waals surface area contributed by atoms with E-state index in [0.29, 0.717) is 42.7 Å². The number of nitrogens with zero attached hydrogens (tertiary/aromatic N) is 5. The predicted octanol–water partition coefficient (Wildman–Crippen LogP) is 3.69. The molecule has 0 aromatic carbocycles. The molecule has 29 heavy (non-hydrogen) atoms. The third-order valence-corrected chi connectivity index (χ3v) is 5.49. The normalized spacial score (nSPS) is 14.9. The van der Waals surface area contributed by atoms with E-state index < -0.39 is 6.09 Å². The number of anilines is 3. The number of pyridine rings is 1. The first kappa shape index (κ1) is 19.3. The minimum Gasteiger partial charge on any atom is -0.465 e. The van der Waals surface area contributed by atoms with Crippen LogP contribution < -0.4 is 10.6 Å². The number of piperidine rings is 1. The lowest BCUT2D eigenvalue weighted by Gasteiger charge is -2.30. The second-order valence-corrected chi connectivity index (χ2v) is 7.56. The summed E-state index contributed by atoms with van der Waals surface area (Å²) in [6.45, 7) is 4.98. The van der Waals surface area contributed by atoms with Crippen LogP contribution >= 0.6 is 11.6 Å². The van der Waals surface area contributed by atoms with Crippen LogP contribution in [0.2, 0.25) is 5.02 Å². The summed E-state index contributed by atoms with van der Waals surface area (Å²) in [6, 6.07) is 2.07. The van der Waals surface area contributed by atoms with E-state index in [1.54, 1.807) is 6.20 Å². The topological polar surface area (TPSA) is 108 Å². The van der Waals surface area contributed by atoms with Gasteiger partial charge in [0.05, 0.1) is 6.20 Å². The molecule has 0 atom stereocenters. The lowest BCUT2D eigenvalue weighted by atomic mass is 10.1. The van der Waals surface area contributed by atoms with Crippen LogP contribution in [0.15, 0.2) is 24.7 Å². The SMILES string of the molecule is Cc1c(Nc2ncc(Cl)c(NC3CCN(C(=O)O)CC3)n2)ccn2c(C)cnc12. The zero-order valence-corrected chi connectivity index (χ0v) is 16.9. The van der Waals surface area contributed by atoms with Crippen LogP contribution in [0.25, 0.3) is 5.65 Å². The summed E-state index contributed by atoms with van der Waals surface area (Å²) < 4.78 is 2.03. The molecule has 1 aliphatic rings. The molecule has 1 fully saturated rings. The van der Waals surface area contributed by atoms with Crippen LogP contribution in [0.4, 0.5) is 22.2 Å². The van der Waals surface area contributed by atoms with Gasteiger partial charge < -0.3 is 25.0 Å². The predicted molar refractivity (Wildman–Crippen MR) is 111 cm³/mol. The monoisotopic (exact) mass is 415 g/mol. The number of fused-ring (bicyclic) bond motifs is 1. The summed E-state index contributed by atoms with van der Waals surface area (Å²) in [6.07, 6.45) is 5.87. The molecule has 1 saturated heterocycles. The number of hydrogen-bond acceptors (Lipinski definition) is 6. The van der Waals surface area contributed by atoms with Gasteiger partial charge in [0.15, 0.2) is 5.82 Å². The largest absolute Gasteiger partial charge is 0.465 e. The number of amides is 1. The fourth-order valence-corrected chi connectivity index (χ4v) is 3.64. The van der Waals surface area contributed by atoms with Crippen molar-refractivity contribution in [3.8, 4) is 0 Å². The number of imidazole rings is 1. The van der Waals surface area contributed by atoms with Crippen LogP contribution in [-0.4, -0.2) is 54.6 Å². The standard InChI is InChI=1S/C19H22ClN7O2/c1-11-9-21-17-12(2)15(5-8-27(11)17)24-18-22-10-14(20)16(25-18)23-13-3-6-26(7-4-13)19(28)29/h5,8-10,13H,3-4,6-7H2,1-2H3,(H,28,29)(H2,22,23,24,25). The highest BCUT2D eigenvalue weighted by Gasteiger charge is 2.23. The average molecular weight is 416 g/mol. The maximum absolute atomic E-state index is 11.1. The summed E-state index contributed by atoms with van der Waals surface area (Å²) >= 11 is 6.28. The highest BCUT2D eigenvalue weighted by molar-refractivity contribution is 6.32. The highest BCUT2D eigenvalue weighted by atomic mass is 35.5. The average Bonchev–Trinajstić information content (AvgIpc) is 3.08. The van der Waals surface area contributed by atoms with Gasteiger partial charge in [0.2, 0.25) is 5.95 Å². The van der Waals surface area contributed by atoms with Gasteiger partial charge in [0, 0.05) is 48.5 Å². The number of halogens is 1. The van der Waals surface area contributed by atoms with Crippen LogP contribution in [0.5, 0.6) is 0 Å². The Morgan fingerprint density at radius 1 is 1.24 bits per heavy atom. The van der Waals surface area contributed by atoms with Gasteiger partial charge in [0.25, 0.3) is 0 Å². The number of rotatable bonds is 4. The molecule has 3 N–H and O–H groups in total. The highest BCUT2D eigenvalue weighted by Crippen LogP contribution is 2.26. The van der Waals surface area contributed by atoms with E-state index in [2.05, 4.69) is 25.6 Å². The number of nitrogens with one attached hydrogen (secondary N) is 2. The molecule has 4 rings (SSSR count). The van der Waals surface area contributed by atoms with Gasteiger partial charge in [-0.1, -0.05) is 11.6 Å². The second kappa shape index (κ2) is 7.75. The fourth-order valence-electron chi connectivity index (χ4n) is 3.50. The summed E-state index contributed by atoms with van der Waals surface area (Å²) in [4.78, 5) is 25.7. The maximum Gasteiger partial charge on any atom is 0.407 e. The lowest BCUT2D eigenvalue weighted by Crippen LogP contribution is -2.41. The van der Waals surface area contributed by atoms with Crippen molar-refractivity contribution >= 4 is 40.8 Å². The van der Waals surface area contributed by atoms with E-state index in [9.17, 15) is 4.79 Å². The zero-order valence-electron chi connectivity index (χ0n) is 16.2. The lowest BCUT2D eigenvalue weighted by molar-refractivity contribution is 0.134. The molecular weight excluding hydrogens is 394 g/mol. The molecule has 0 saturated carbocycles. The van der Waals surface area contributed by atoms with Gasteiger partial charge in [-0.05, 0) is 32.8 Å². The van der Waals surface area contributed by atoms with Crippen molar-refractivity contribution in [3.63, 3.8) is 0 Å². The van der Waals surface area contributed by atoms with Crippen molar-refractivity contribution in [1.29, 1.82) is 0 Å². The van der Waals surface area contributed by atoms with E-state index in [4.69, 9.17) is 16.7 Å². The van der Waals surface area contributed by atoms with Gasteiger partial charge in [-0.15, -0.1) is 0 Å². The Hall–Kier alpha value is -3.07. The Morgan fingerprint density at radius 3 is 2.72 bits per heavy atom. The molecule has 0 unspecified atom stereocenters. The minimum absolute atomic E-state index is 0.108. The molecule has 9 nitrogen and oxygen atoms in total. The minimum atomic E-state index is -0.880. The molecule has 1 amide bonds. The third-order valence-electron chi connectivity index (χ3n) is 5.21. The molecule has 10 heteroatoms. The molecule has 1 aliphatic heterocycles. The summed E-state index contributed by atoms with van der Waals surface area (Å²) in [7, 11) is 0. The smallest absolute Gasteiger partial charge is 0.407 e. The van der Waals surface area contributed by atoms with Crippen molar-refractivity contribution in [3.05, 3.63) is 40.9 Å².